The topological polar surface area (TPSA) is 46.9 Å². The van der Waals surface area contributed by atoms with Crippen LogP contribution in [0.4, 0.5) is 0 Å². The molecular weight excluding hydrogens is 442 g/mol. The van der Waals surface area contributed by atoms with Crippen molar-refractivity contribution in [1.82, 2.24) is 14.9 Å². The number of hydrogen-bond donors (Lipinski definition) is 1. The zero-order chi connectivity index (χ0) is 25.7. The number of nitrogens with one attached hydrogen (secondary N) is 1. The van der Waals surface area contributed by atoms with Gasteiger partial charge in [0.2, 0.25) is 5.91 Å². The van der Waals surface area contributed by atoms with E-state index >= 15 is 0 Å². The first-order valence-corrected chi connectivity index (χ1v) is 15.1. The van der Waals surface area contributed by atoms with Crippen LogP contribution in [0, 0.1) is 0 Å². The number of allylic oxidation sites excluding steroid dienone is 1. The zero-order valence-corrected chi connectivity index (χ0v) is 23.4. The van der Waals surface area contributed by atoms with Gasteiger partial charge in [-0.15, -0.1) is 0 Å². The van der Waals surface area contributed by atoms with Crippen molar-refractivity contribution in [1.29, 1.82) is 0 Å². The molecule has 4 heteroatoms. The van der Waals surface area contributed by atoms with E-state index < -0.39 is 0 Å². The number of aromatic nitrogens is 2. The third kappa shape index (κ3) is 12.7. The summed E-state index contributed by atoms with van der Waals surface area (Å²) in [4.78, 5) is 16.5. The van der Waals surface area contributed by atoms with Crippen LogP contribution in [0.25, 0.3) is 11.0 Å². The summed E-state index contributed by atoms with van der Waals surface area (Å²) < 4.78 is 2.46. The molecule has 0 fully saturated rings. The van der Waals surface area contributed by atoms with Crippen molar-refractivity contribution in [3.05, 3.63) is 42.2 Å². The minimum absolute atomic E-state index is 0.00691. The Labute approximate surface area is 221 Å². The van der Waals surface area contributed by atoms with Gasteiger partial charge in [0.15, 0.2) is 0 Å². The molecule has 0 spiro atoms. The van der Waals surface area contributed by atoms with Crippen molar-refractivity contribution < 1.29 is 4.79 Å². The molecule has 1 heterocycles. The Hall–Kier alpha value is -2.10. The average molecular weight is 496 g/mol. The molecule has 2 aromatic rings. The number of nitrogens with zero attached hydrogens (tertiary/aromatic N) is 2. The Kier molecular flexibility index (Phi) is 16.7. The largest absolute Gasteiger partial charge is 0.353 e. The van der Waals surface area contributed by atoms with E-state index in [1.165, 1.54) is 101 Å². The monoisotopic (exact) mass is 495 g/mol. The summed E-state index contributed by atoms with van der Waals surface area (Å²) in [5, 5.41) is 2.94. The Morgan fingerprint density at radius 3 is 2.03 bits per heavy atom. The quantitative estimate of drug-likeness (QED) is 0.131. The van der Waals surface area contributed by atoms with Gasteiger partial charge in [0.25, 0.3) is 0 Å². The van der Waals surface area contributed by atoms with E-state index in [4.69, 9.17) is 4.98 Å². The van der Waals surface area contributed by atoms with Gasteiger partial charge in [-0.25, -0.2) is 4.98 Å². The summed E-state index contributed by atoms with van der Waals surface area (Å²) in [6.45, 7) is 5.98. The van der Waals surface area contributed by atoms with Gasteiger partial charge in [-0.05, 0) is 44.4 Å². The fraction of sp³-hybridized carbons (Fsp3) is 0.688. The number of imidazole rings is 1. The molecule has 0 atom stereocenters. The van der Waals surface area contributed by atoms with Gasteiger partial charge in [0, 0.05) is 19.5 Å². The summed E-state index contributed by atoms with van der Waals surface area (Å²) in [6.07, 6.45) is 27.1. The lowest BCUT2D eigenvalue weighted by Crippen LogP contribution is -2.21. The standard InChI is InChI=1S/C32H53N3O/c1-3-5-6-7-8-9-10-11-12-13-14-15-16-22-28-35-30-25-20-19-24-29(30)34-31(35)26-18-17-21-27-33-32(36)23-4-2/h4,19-20,23-25H,3,5-18,21-22,26-28H2,1-2H3,(H,33,36)/b23-4+. The lowest BCUT2D eigenvalue weighted by Gasteiger charge is -2.10. The van der Waals surface area contributed by atoms with Gasteiger partial charge in [-0.3, -0.25) is 4.79 Å². The lowest BCUT2D eigenvalue weighted by atomic mass is 10.0. The molecule has 1 N–H and O–H groups in total. The van der Waals surface area contributed by atoms with E-state index in [1.807, 2.05) is 6.92 Å². The Balaban J connectivity index is 1.59. The number of carbonyl (C=O) groups excluding carboxylic acids is 1. The first kappa shape index (κ1) is 30.1. The molecule has 2 rings (SSSR count). The number of unbranched alkanes of at least 4 members (excludes halogenated alkanes) is 15. The molecule has 0 aliphatic rings. The van der Waals surface area contributed by atoms with Gasteiger partial charge in [-0.2, -0.15) is 0 Å². The predicted octanol–water partition coefficient (Wildman–Crippen LogP) is 8.92. The Bertz CT molecular complexity index is 854. The van der Waals surface area contributed by atoms with Crippen molar-refractivity contribution in [2.75, 3.05) is 6.54 Å². The van der Waals surface area contributed by atoms with E-state index in [0.717, 1.165) is 44.3 Å². The number of carbonyl (C=O) groups is 1. The minimum Gasteiger partial charge on any atom is -0.353 e. The zero-order valence-electron chi connectivity index (χ0n) is 23.4. The first-order chi connectivity index (χ1) is 17.8. The van der Waals surface area contributed by atoms with Crippen LogP contribution < -0.4 is 5.32 Å². The van der Waals surface area contributed by atoms with Crippen molar-refractivity contribution in [3.63, 3.8) is 0 Å². The van der Waals surface area contributed by atoms with E-state index in [2.05, 4.69) is 41.1 Å². The highest BCUT2D eigenvalue weighted by atomic mass is 16.1. The van der Waals surface area contributed by atoms with Crippen LogP contribution in [-0.2, 0) is 17.8 Å². The van der Waals surface area contributed by atoms with Gasteiger partial charge in [-0.1, -0.05) is 115 Å². The highest BCUT2D eigenvalue weighted by Gasteiger charge is 2.10. The van der Waals surface area contributed by atoms with Crippen molar-refractivity contribution in [2.45, 2.75) is 136 Å². The van der Waals surface area contributed by atoms with Gasteiger partial charge in [0.05, 0.1) is 11.0 Å². The lowest BCUT2D eigenvalue weighted by molar-refractivity contribution is -0.116. The molecule has 4 nitrogen and oxygen atoms in total. The second-order valence-corrected chi connectivity index (χ2v) is 10.4. The number of para-hydroxylation sites is 2. The number of rotatable bonds is 22. The smallest absolute Gasteiger partial charge is 0.243 e. The first-order valence-electron chi connectivity index (χ1n) is 15.1. The van der Waals surface area contributed by atoms with E-state index in [0.29, 0.717) is 0 Å². The van der Waals surface area contributed by atoms with E-state index in [1.54, 1.807) is 12.2 Å². The predicted molar refractivity (Wildman–Crippen MR) is 155 cm³/mol. The third-order valence-corrected chi connectivity index (χ3v) is 7.16. The molecule has 0 aliphatic carbocycles. The normalized spacial score (nSPS) is 11.6. The molecule has 1 aromatic heterocycles. The molecular formula is C32H53N3O. The summed E-state index contributed by atoms with van der Waals surface area (Å²) in [6, 6.07) is 8.57. The van der Waals surface area contributed by atoms with Crippen molar-refractivity contribution in [3.8, 4) is 0 Å². The maximum absolute atomic E-state index is 11.5. The second-order valence-electron chi connectivity index (χ2n) is 10.4. The molecule has 36 heavy (non-hydrogen) atoms. The van der Waals surface area contributed by atoms with E-state index in [-0.39, 0.29) is 5.91 Å². The Morgan fingerprint density at radius 1 is 0.806 bits per heavy atom. The van der Waals surface area contributed by atoms with Gasteiger partial charge >= 0.3 is 0 Å². The molecule has 0 saturated heterocycles. The Morgan fingerprint density at radius 2 is 1.39 bits per heavy atom. The molecule has 1 amide bonds. The van der Waals surface area contributed by atoms with Gasteiger partial charge in [0.1, 0.15) is 5.82 Å². The number of aryl methyl sites for hydroxylation is 2. The van der Waals surface area contributed by atoms with Crippen LogP contribution in [-0.4, -0.2) is 22.0 Å². The van der Waals surface area contributed by atoms with E-state index in [9.17, 15) is 4.79 Å². The number of benzene rings is 1. The maximum atomic E-state index is 11.5. The van der Waals surface area contributed by atoms with Crippen LogP contribution in [0.2, 0.25) is 0 Å². The summed E-state index contributed by atoms with van der Waals surface area (Å²) in [7, 11) is 0. The highest BCUT2D eigenvalue weighted by molar-refractivity contribution is 5.87. The van der Waals surface area contributed by atoms with Crippen LogP contribution in [0.5, 0.6) is 0 Å². The van der Waals surface area contributed by atoms with Crippen LogP contribution in [0.1, 0.15) is 129 Å². The third-order valence-electron chi connectivity index (χ3n) is 7.16. The minimum atomic E-state index is 0.00691. The number of amides is 1. The molecule has 202 valence electrons. The fourth-order valence-corrected chi connectivity index (χ4v) is 5.04. The second kappa shape index (κ2) is 20.0. The molecule has 0 unspecified atom stereocenters. The fourth-order valence-electron chi connectivity index (χ4n) is 5.04. The summed E-state index contributed by atoms with van der Waals surface area (Å²) in [5.41, 5.74) is 2.40. The van der Waals surface area contributed by atoms with Gasteiger partial charge < -0.3 is 9.88 Å². The molecule has 0 bridgehead atoms. The molecule has 0 aliphatic heterocycles. The molecule has 0 radical (unpaired) electrons. The van der Waals surface area contributed by atoms with Crippen LogP contribution in [0.3, 0.4) is 0 Å². The van der Waals surface area contributed by atoms with Crippen molar-refractivity contribution in [2.24, 2.45) is 0 Å². The van der Waals surface area contributed by atoms with Crippen molar-refractivity contribution >= 4 is 16.9 Å². The number of fused-ring (bicyclic) bond motifs is 1. The highest BCUT2D eigenvalue weighted by Crippen LogP contribution is 2.20. The number of hydrogen-bond acceptors (Lipinski definition) is 2. The van der Waals surface area contributed by atoms with Crippen LogP contribution in [0.15, 0.2) is 36.4 Å². The maximum Gasteiger partial charge on any atom is 0.243 e. The SMILES string of the molecule is C/C=C/C(=O)NCCCCCc1nc2ccccc2n1CCCCCCCCCCCCCCCC. The molecule has 1 aromatic carbocycles. The average Bonchev–Trinajstić information content (AvgIpc) is 3.23. The summed E-state index contributed by atoms with van der Waals surface area (Å²) in [5.74, 6) is 1.23. The summed E-state index contributed by atoms with van der Waals surface area (Å²) >= 11 is 0. The van der Waals surface area contributed by atoms with Crippen LogP contribution >= 0.6 is 0 Å². The molecule has 0 saturated carbocycles.